The van der Waals surface area contributed by atoms with E-state index in [9.17, 15) is 27.6 Å². The highest BCUT2D eigenvalue weighted by atomic mass is 32.2. The average molecular weight is 481 g/mol. The third kappa shape index (κ3) is 6.86. The number of rotatable bonds is 10. The fraction of sp³-hybridized carbons (Fsp3) is 0.429. The summed E-state index contributed by atoms with van der Waals surface area (Å²) in [5, 5.41) is 3.92. The highest BCUT2D eigenvalue weighted by Crippen LogP contribution is 2.19. The second kappa shape index (κ2) is 10.6. The molecule has 4 amide bonds. The number of hydrazine groups is 1. The second-order valence-corrected chi connectivity index (χ2v) is 9.59. The highest BCUT2D eigenvalue weighted by Gasteiger charge is 2.47. The van der Waals surface area contributed by atoms with Crippen LogP contribution in [0.25, 0.3) is 6.08 Å². The molecule has 0 radical (unpaired) electrons. The number of carbonyl (C=O) groups is 4. The molecule has 1 heterocycles. The van der Waals surface area contributed by atoms with Crippen molar-refractivity contribution in [3.63, 3.8) is 0 Å². The predicted molar refractivity (Wildman–Crippen MR) is 119 cm³/mol. The van der Waals surface area contributed by atoms with Crippen molar-refractivity contribution in [3.05, 3.63) is 41.3 Å². The summed E-state index contributed by atoms with van der Waals surface area (Å²) in [6, 6.07) is 6.66. The van der Waals surface area contributed by atoms with Crippen molar-refractivity contribution < 1.29 is 32.3 Å². The van der Waals surface area contributed by atoms with Crippen molar-refractivity contribution in [1.29, 1.82) is 0 Å². The van der Waals surface area contributed by atoms with E-state index < -0.39 is 57.9 Å². The molecule has 0 aromatic heterocycles. The van der Waals surface area contributed by atoms with Crippen LogP contribution in [0.2, 0.25) is 0 Å². The quantitative estimate of drug-likeness (QED) is 0.332. The standard InChI is InChI=1S/C21H28N4O7S/c1-5-21(4)19(28)25(20(29)22-21)23-16(26)13-32-18(27)17(14(2)3)24-33(30,31)12-11-15-9-7-6-8-10-15/h6-12,14,17,24H,5,13H2,1-4H3,(H,22,29)(H,23,26)/b12-11+/t17-,21?/m0/s1. The lowest BCUT2D eigenvalue weighted by Gasteiger charge is -2.21. The van der Waals surface area contributed by atoms with Crippen LogP contribution in [-0.2, 0) is 29.1 Å². The largest absolute Gasteiger partial charge is 0.454 e. The molecular formula is C21H28N4O7S. The number of amides is 4. The van der Waals surface area contributed by atoms with Crippen molar-refractivity contribution >= 4 is 39.9 Å². The van der Waals surface area contributed by atoms with E-state index in [0.29, 0.717) is 17.0 Å². The van der Waals surface area contributed by atoms with Crippen molar-refractivity contribution in [2.75, 3.05) is 6.61 Å². The molecule has 1 fully saturated rings. The summed E-state index contributed by atoms with van der Waals surface area (Å²) in [5.74, 6) is -3.04. The molecule has 2 rings (SSSR count). The highest BCUT2D eigenvalue weighted by molar-refractivity contribution is 7.92. The van der Waals surface area contributed by atoms with Gasteiger partial charge in [0.15, 0.2) is 6.61 Å². The van der Waals surface area contributed by atoms with Crippen LogP contribution in [0.5, 0.6) is 0 Å². The Labute approximate surface area is 192 Å². The number of imide groups is 1. The zero-order valence-electron chi connectivity index (χ0n) is 18.8. The first-order valence-electron chi connectivity index (χ1n) is 10.3. The molecule has 1 aromatic carbocycles. The number of hydrogen-bond donors (Lipinski definition) is 3. The number of sulfonamides is 1. The molecule has 33 heavy (non-hydrogen) atoms. The van der Waals surface area contributed by atoms with E-state index in [0.717, 1.165) is 5.41 Å². The first-order valence-corrected chi connectivity index (χ1v) is 11.8. The SMILES string of the molecule is CCC1(C)NC(=O)N(NC(=O)COC(=O)[C@@H](NS(=O)(=O)/C=C/c2ccccc2)C(C)C)C1=O. The molecule has 0 spiro atoms. The maximum atomic E-state index is 12.4. The van der Waals surface area contributed by atoms with Gasteiger partial charge in [0, 0.05) is 5.41 Å². The zero-order chi connectivity index (χ0) is 24.8. The monoisotopic (exact) mass is 480 g/mol. The maximum absolute atomic E-state index is 12.4. The van der Waals surface area contributed by atoms with E-state index in [4.69, 9.17) is 4.74 Å². The number of hydrogen-bond acceptors (Lipinski definition) is 7. The Kier molecular flexibility index (Phi) is 8.34. The molecule has 1 aliphatic heterocycles. The molecule has 1 unspecified atom stereocenters. The predicted octanol–water partition coefficient (Wildman–Crippen LogP) is 0.896. The Morgan fingerprint density at radius 3 is 2.39 bits per heavy atom. The van der Waals surface area contributed by atoms with Crippen molar-refractivity contribution in [1.82, 2.24) is 20.5 Å². The van der Waals surface area contributed by atoms with Gasteiger partial charge in [0.25, 0.3) is 11.8 Å². The molecule has 0 bridgehead atoms. The van der Waals surface area contributed by atoms with Crippen molar-refractivity contribution in [2.45, 2.75) is 45.7 Å². The number of benzene rings is 1. The third-order valence-electron chi connectivity index (χ3n) is 5.00. The molecule has 1 aromatic rings. The summed E-state index contributed by atoms with van der Waals surface area (Å²) in [7, 11) is -3.99. The second-order valence-electron chi connectivity index (χ2n) is 8.00. The van der Waals surface area contributed by atoms with Gasteiger partial charge in [-0.3, -0.25) is 19.8 Å². The van der Waals surface area contributed by atoms with E-state index in [2.05, 4.69) is 15.5 Å². The van der Waals surface area contributed by atoms with E-state index in [1.165, 1.54) is 13.0 Å². The lowest BCUT2D eigenvalue weighted by molar-refractivity contribution is -0.152. The number of nitrogens with one attached hydrogen (secondary N) is 3. The van der Waals surface area contributed by atoms with Gasteiger partial charge in [0.05, 0.1) is 0 Å². The molecule has 180 valence electrons. The van der Waals surface area contributed by atoms with Crippen LogP contribution in [-0.4, -0.2) is 55.4 Å². The van der Waals surface area contributed by atoms with E-state index in [1.807, 2.05) is 0 Å². The molecular weight excluding hydrogens is 452 g/mol. The topological polar surface area (TPSA) is 151 Å². The third-order valence-corrected chi connectivity index (χ3v) is 6.08. The fourth-order valence-corrected chi connectivity index (χ4v) is 3.95. The number of carbonyl (C=O) groups excluding carboxylic acids is 4. The van der Waals surface area contributed by atoms with Gasteiger partial charge in [-0.15, -0.1) is 0 Å². The molecule has 1 saturated heterocycles. The Hall–Kier alpha value is -3.25. The van der Waals surface area contributed by atoms with Gasteiger partial charge in [-0.2, -0.15) is 9.73 Å². The Balaban J connectivity index is 1.96. The normalized spacial score (nSPS) is 19.6. The van der Waals surface area contributed by atoms with Crippen LogP contribution in [0.4, 0.5) is 4.79 Å². The lowest BCUT2D eigenvalue weighted by atomic mass is 10.00. The zero-order valence-corrected chi connectivity index (χ0v) is 19.6. The van der Waals surface area contributed by atoms with Gasteiger partial charge in [-0.1, -0.05) is 51.1 Å². The number of esters is 1. The minimum Gasteiger partial charge on any atom is -0.454 e. The minimum atomic E-state index is -3.99. The number of nitrogens with zero attached hydrogens (tertiary/aromatic N) is 1. The fourth-order valence-electron chi connectivity index (χ4n) is 2.81. The molecule has 11 nitrogen and oxygen atoms in total. The van der Waals surface area contributed by atoms with Crippen LogP contribution in [0.3, 0.4) is 0 Å². The Morgan fingerprint density at radius 1 is 1.21 bits per heavy atom. The van der Waals surface area contributed by atoms with Crippen LogP contribution >= 0.6 is 0 Å². The Bertz CT molecular complexity index is 1040. The summed E-state index contributed by atoms with van der Waals surface area (Å²) < 4.78 is 31.9. The van der Waals surface area contributed by atoms with Gasteiger partial charge < -0.3 is 10.1 Å². The lowest BCUT2D eigenvalue weighted by Crippen LogP contribution is -2.50. The first-order chi connectivity index (χ1) is 15.4. The number of urea groups is 1. The Morgan fingerprint density at radius 2 is 1.85 bits per heavy atom. The van der Waals surface area contributed by atoms with Crippen LogP contribution in [0.1, 0.15) is 39.7 Å². The van der Waals surface area contributed by atoms with Crippen LogP contribution in [0, 0.1) is 5.92 Å². The van der Waals surface area contributed by atoms with Gasteiger partial charge in [0.2, 0.25) is 10.0 Å². The van der Waals surface area contributed by atoms with E-state index >= 15 is 0 Å². The van der Waals surface area contributed by atoms with Gasteiger partial charge in [-0.25, -0.2) is 13.2 Å². The molecule has 1 aliphatic rings. The minimum absolute atomic E-state index is 0.313. The molecule has 12 heteroatoms. The summed E-state index contributed by atoms with van der Waals surface area (Å²) >= 11 is 0. The molecule has 0 aliphatic carbocycles. The van der Waals surface area contributed by atoms with Crippen LogP contribution < -0.4 is 15.5 Å². The molecule has 2 atom stereocenters. The molecule has 0 saturated carbocycles. The van der Waals surface area contributed by atoms with Crippen molar-refractivity contribution in [2.24, 2.45) is 5.92 Å². The van der Waals surface area contributed by atoms with Crippen molar-refractivity contribution in [3.8, 4) is 0 Å². The van der Waals surface area contributed by atoms with E-state index in [1.54, 1.807) is 51.1 Å². The molecule has 3 N–H and O–H groups in total. The summed E-state index contributed by atoms with van der Waals surface area (Å²) in [5.41, 5.74) is 1.60. The maximum Gasteiger partial charge on any atom is 0.344 e. The summed E-state index contributed by atoms with van der Waals surface area (Å²) in [4.78, 5) is 48.8. The number of ether oxygens (including phenoxy) is 1. The smallest absolute Gasteiger partial charge is 0.344 e. The summed E-state index contributed by atoms with van der Waals surface area (Å²) in [6.07, 6.45) is 1.69. The van der Waals surface area contributed by atoms with Gasteiger partial charge in [0.1, 0.15) is 11.6 Å². The first kappa shape index (κ1) is 26.0. The summed E-state index contributed by atoms with van der Waals surface area (Å²) in [6.45, 7) is 5.62. The average Bonchev–Trinajstić information content (AvgIpc) is 2.98. The van der Waals surface area contributed by atoms with Gasteiger partial charge in [-0.05, 0) is 30.9 Å². The van der Waals surface area contributed by atoms with Gasteiger partial charge >= 0.3 is 12.0 Å². The van der Waals surface area contributed by atoms with Crippen LogP contribution in [0.15, 0.2) is 35.7 Å². The van der Waals surface area contributed by atoms with E-state index in [-0.39, 0.29) is 0 Å².